The number of carbonyl (C=O) groups is 2. The molecule has 0 heterocycles. The number of rotatable bonds is 15. The molecule has 0 amide bonds. The van der Waals surface area contributed by atoms with Crippen LogP contribution < -0.4 is 24.0 Å². The molecule has 0 fully saturated rings. The van der Waals surface area contributed by atoms with E-state index in [1.165, 1.54) is 0 Å². The van der Waals surface area contributed by atoms with Gasteiger partial charge >= 0.3 is 24.8 Å². The normalized spacial score (nSPS) is 15.5. The molecule has 0 aliphatic rings. The predicted octanol–water partition coefficient (Wildman–Crippen LogP) is -1.96. The molecule has 0 aliphatic carbocycles. The minimum atomic E-state index is -1.13. The molecule has 6 nitrogen and oxygen atoms in total. The Kier molecular flexibility index (Phi) is 15.2. The number of quaternary nitrogens is 1. The Morgan fingerprint density at radius 2 is 1.64 bits per heavy atom. The Morgan fingerprint density at radius 1 is 1.08 bits per heavy atom. The Balaban J connectivity index is 0. The van der Waals surface area contributed by atoms with Gasteiger partial charge in [-0.05, 0) is 32.6 Å². The molecule has 140 valence electrons. The minimum absolute atomic E-state index is 0. The Morgan fingerprint density at radius 3 is 2.12 bits per heavy atom. The third-order valence-corrected chi connectivity index (χ3v) is 4.51. The number of carboxylic acids is 2. The van der Waals surface area contributed by atoms with E-state index in [1.807, 2.05) is 6.08 Å². The summed E-state index contributed by atoms with van der Waals surface area (Å²) in [5.41, 5.74) is 0. The first-order valence-electron chi connectivity index (χ1n) is 8.78. The van der Waals surface area contributed by atoms with E-state index in [4.69, 9.17) is 0 Å². The monoisotopic (exact) mass is 350 g/mol. The number of aliphatic hydroxyl groups excluding tert-OH is 1. The van der Waals surface area contributed by atoms with E-state index in [0.717, 1.165) is 32.1 Å². The minimum Gasteiger partial charge on any atom is -0.550 e. The topological polar surface area (TPSA) is 97.7 Å². The standard InChI is InChI=1S/C18H33NO5.Li/c1-4-5-6-7-8-9-10-19(11-12-20,13-15(2)17(21)22)14-16(3)18(23)24;/h4,15-16,20H,1,5-14H2,2-3H3,(H-,21,22,23,24);/q;+1. The Bertz CT molecular complexity index is 381. The second kappa shape index (κ2) is 14.4. The third-order valence-electron chi connectivity index (χ3n) is 4.51. The van der Waals surface area contributed by atoms with Gasteiger partial charge in [0.2, 0.25) is 0 Å². The molecule has 0 spiro atoms. The number of unbranched alkanes of at least 4 members (excludes halogenated alkanes) is 4. The molecule has 0 radical (unpaired) electrons. The maximum atomic E-state index is 11.2. The number of hydrogen-bond acceptors (Lipinski definition) is 4. The number of hydrogen-bond donors (Lipinski definition) is 2. The molecule has 0 aromatic carbocycles. The summed E-state index contributed by atoms with van der Waals surface area (Å²) in [6.07, 6.45) is 6.89. The van der Waals surface area contributed by atoms with Crippen LogP contribution in [0.3, 0.4) is 0 Å². The van der Waals surface area contributed by atoms with Gasteiger partial charge in [0, 0.05) is 11.9 Å². The van der Waals surface area contributed by atoms with E-state index in [1.54, 1.807) is 13.8 Å². The van der Waals surface area contributed by atoms with Crippen molar-refractivity contribution in [2.45, 2.75) is 46.0 Å². The van der Waals surface area contributed by atoms with Crippen molar-refractivity contribution in [3.63, 3.8) is 0 Å². The molecular weight excluding hydrogens is 317 g/mol. The molecule has 3 atom stereocenters. The third kappa shape index (κ3) is 11.4. The second-order valence-corrected chi connectivity index (χ2v) is 6.83. The number of carboxylic acid groups (broad SMARTS) is 2. The summed E-state index contributed by atoms with van der Waals surface area (Å²) in [4.78, 5) is 22.4. The van der Waals surface area contributed by atoms with Crippen molar-refractivity contribution in [1.29, 1.82) is 0 Å². The summed E-state index contributed by atoms with van der Waals surface area (Å²) in [6, 6.07) is 0. The molecule has 0 bridgehead atoms. The van der Waals surface area contributed by atoms with Gasteiger partial charge in [-0.1, -0.05) is 19.4 Å². The fourth-order valence-corrected chi connectivity index (χ4v) is 3.17. The van der Waals surface area contributed by atoms with Crippen molar-refractivity contribution in [2.75, 3.05) is 32.8 Å². The van der Waals surface area contributed by atoms with Gasteiger partial charge in [-0.3, -0.25) is 4.79 Å². The molecular formula is C18H33LiNO5+. The molecule has 0 aromatic heterocycles. The zero-order chi connectivity index (χ0) is 18.6. The van der Waals surface area contributed by atoms with E-state index in [-0.39, 0.29) is 32.0 Å². The van der Waals surface area contributed by atoms with Crippen LogP contribution in [0.1, 0.15) is 46.0 Å². The number of aliphatic hydroxyl groups is 1. The van der Waals surface area contributed by atoms with Crippen LogP contribution in [-0.4, -0.2) is 59.4 Å². The van der Waals surface area contributed by atoms with Gasteiger partial charge < -0.3 is 24.6 Å². The quantitative estimate of drug-likeness (QED) is 0.155. The van der Waals surface area contributed by atoms with Crippen LogP contribution in [0.4, 0.5) is 0 Å². The van der Waals surface area contributed by atoms with E-state index >= 15 is 0 Å². The molecule has 0 aromatic rings. The van der Waals surface area contributed by atoms with Gasteiger partial charge in [0.05, 0.1) is 26.2 Å². The van der Waals surface area contributed by atoms with Crippen LogP contribution in [0.5, 0.6) is 0 Å². The SMILES string of the molecule is C=CCCCCCC[N+](CCO)(CC(C)C(=O)[O-])CC(C)C(=O)O.[Li+]. The summed E-state index contributed by atoms with van der Waals surface area (Å²) in [7, 11) is 0. The van der Waals surface area contributed by atoms with Crippen LogP contribution in [-0.2, 0) is 9.59 Å². The van der Waals surface area contributed by atoms with Crippen LogP contribution in [0, 0.1) is 11.8 Å². The molecule has 0 rings (SSSR count). The van der Waals surface area contributed by atoms with E-state index in [2.05, 4.69) is 6.58 Å². The molecule has 25 heavy (non-hydrogen) atoms. The largest absolute Gasteiger partial charge is 1.00 e. The summed E-state index contributed by atoms with van der Waals surface area (Å²) < 4.78 is 0.306. The maximum Gasteiger partial charge on any atom is 1.00 e. The van der Waals surface area contributed by atoms with Gasteiger partial charge in [-0.15, -0.1) is 6.58 Å². The van der Waals surface area contributed by atoms with Crippen molar-refractivity contribution in [3.8, 4) is 0 Å². The molecule has 0 saturated carbocycles. The van der Waals surface area contributed by atoms with E-state index in [0.29, 0.717) is 24.1 Å². The predicted molar refractivity (Wildman–Crippen MR) is 91.1 cm³/mol. The first-order chi connectivity index (χ1) is 11.3. The number of aliphatic carboxylic acids is 2. The Hall–Kier alpha value is -0.803. The van der Waals surface area contributed by atoms with Crippen LogP contribution in [0.25, 0.3) is 0 Å². The number of carbonyl (C=O) groups excluding carboxylic acids is 1. The molecule has 2 N–H and O–H groups in total. The number of allylic oxidation sites excluding steroid dienone is 1. The van der Waals surface area contributed by atoms with Gasteiger partial charge in [-0.25, -0.2) is 0 Å². The molecule has 0 saturated heterocycles. The van der Waals surface area contributed by atoms with E-state index in [9.17, 15) is 24.9 Å². The molecule has 3 unspecified atom stereocenters. The zero-order valence-electron chi connectivity index (χ0n) is 16.1. The van der Waals surface area contributed by atoms with Gasteiger partial charge in [0.15, 0.2) is 0 Å². The smallest absolute Gasteiger partial charge is 0.550 e. The van der Waals surface area contributed by atoms with E-state index < -0.39 is 23.8 Å². The van der Waals surface area contributed by atoms with Gasteiger partial charge in [0.25, 0.3) is 0 Å². The number of nitrogens with zero attached hydrogens (tertiary/aromatic N) is 1. The van der Waals surface area contributed by atoms with Gasteiger partial charge in [-0.2, -0.15) is 0 Å². The molecule has 0 aliphatic heterocycles. The average Bonchev–Trinajstić information content (AvgIpc) is 2.50. The fraction of sp³-hybridized carbons (Fsp3) is 0.778. The van der Waals surface area contributed by atoms with Crippen LogP contribution >= 0.6 is 0 Å². The summed E-state index contributed by atoms with van der Waals surface area (Å²) in [6.45, 7) is 8.44. The van der Waals surface area contributed by atoms with Crippen molar-refractivity contribution in [2.24, 2.45) is 11.8 Å². The second-order valence-electron chi connectivity index (χ2n) is 6.83. The van der Waals surface area contributed by atoms with Crippen molar-refractivity contribution in [3.05, 3.63) is 12.7 Å². The fourth-order valence-electron chi connectivity index (χ4n) is 3.17. The average molecular weight is 350 g/mol. The van der Waals surface area contributed by atoms with Gasteiger partial charge in [0.1, 0.15) is 12.5 Å². The van der Waals surface area contributed by atoms with Crippen molar-refractivity contribution >= 4 is 11.9 Å². The summed E-state index contributed by atoms with van der Waals surface area (Å²) in [5.74, 6) is -3.31. The van der Waals surface area contributed by atoms with Crippen molar-refractivity contribution in [1.82, 2.24) is 0 Å². The van der Waals surface area contributed by atoms with Crippen LogP contribution in [0.2, 0.25) is 0 Å². The first kappa shape index (κ1) is 26.4. The zero-order valence-corrected chi connectivity index (χ0v) is 16.1. The summed E-state index contributed by atoms with van der Waals surface area (Å²) in [5, 5.41) is 29.8. The summed E-state index contributed by atoms with van der Waals surface area (Å²) >= 11 is 0. The molecule has 7 heteroatoms. The maximum absolute atomic E-state index is 11.2. The Labute approximate surface area is 163 Å². The van der Waals surface area contributed by atoms with Crippen LogP contribution in [0.15, 0.2) is 12.7 Å². The first-order valence-corrected chi connectivity index (χ1v) is 8.78. The van der Waals surface area contributed by atoms with Crippen molar-refractivity contribution < 1.29 is 48.3 Å².